The Morgan fingerprint density at radius 2 is 1.75 bits per heavy atom. The van der Waals surface area contributed by atoms with Crippen LogP contribution >= 0.6 is 0 Å². The van der Waals surface area contributed by atoms with Gasteiger partial charge in [0.15, 0.2) is 5.78 Å². The molecule has 1 aromatic heterocycles. The molecular formula is C23H23N3O2. The van der Waals surface area contributed by atoms with Crippen LogP contribution in [0.15, 0.2) is 67.0 Å². The van der Waals surface area contributed by atoms with Gasteiger partial charge in [-0.05, 0) is 56.7 Å². The maximum Gasteiger partial charge on any atom is 0.257 e. The molecule has 0 unspecified atom stereocenters. The number of benzene rings is 2. The van der Waals surface area contributed by atoms with Gasteiger partial charge in [0.1, 0.15) is 0 Å². The van der Waals surface area contributed by atoms with Crippen LogP contribution in [0.3, 0.4) is 0 Å². The van der Waals surface area contributed by atoms with Crippen LogP contribution in [0.25, 0.3) is 0 Å². The number of anilines is 3. The first kappa shape index (κ1) is 19.3. The van der Waals surface area contributed by atoms with Crippen LogP contribution in [-0.4, -0.2) is 23.2 Å². The van der Waals surface area contributed by atoms with Crippen molar-refractivity contribution in [3.63, 3.8) is 0 Å². The van der Waals surface area contributed by atoms with E-state index in [4.69, 9.17) is 0 Å². The van der Waals surface area contributed by atoms with Crippen molar-refractivity contribution in [3.8, 4) is 0 Å². The number of aromatic nitrogens is 1. The van der Waals surface area contributed by atoms with Crippen LogP contribution in [-0.2, 0) is 0 Å². The van der Waals surface area contributed by atoms with Crippen molar-refractivity contribution in [2.45, 2.75) is 20.8 Å². The van der Waals surface area contributed by atoms with Crippen LogP contribution < -0.4 is 10.2 Å². The maximum atomic E-state index is 12.7. The number of amides is 1. The fourth-order valence-corrected chi connectivity index (χ4v) is 3.03. The van der Waals surface area contributed by atoms with Crippen LogP contribution in [0.4, 0.5) is 17.1 Å². The summed E-state index contributed by atoms with van der Waals surface area (Å²) in [4.78, 5) is 30.6. The number of rotatable bonds is 6. The summed E-state index contributed by atoms with van der Waals surface area (Å²) in [6, 6.07) is 16.9. The molecule has 142 valence electrons. The molecule has 0 aliphatic rings. The van der Waals surface area contributed by atoms with Gasteiger partial charge in [0.25, 0.3) is 5.91 Å². The van der Waals surface area contributed by atoms with Crippen molar-refractivity contribution < 1.29 is 9.59 Å². The summed E-state index contributed by atoms with van der Waals surface area (Å²) in [7, 11) is 0. The molecule has 28 heavy (non-hydrogen) atoms. The van der Waals surface area contributed by atoms with Gasteiger partial charge in [-0.25, -0.2) is 0 Å². The van der Waals surface area contributed by atoms with Gasteiger partial charge >= 0.3 is 0 Å². The predicted octanol–water partition coefficient (Wildman–Crippen LogP) is 5.00. The monoisotopic (exact) mass is 373 g/mol. The lowest BCUT2D eigenvalue weighted by molar-refractivity contribution is 0.101. The van der Waals surface area contributed by atoms with Gasteiger partial charge in [0.05, 0.1) is 17.4 Å². The second-order valence-corrected chi connectivity index (χ2v) is 6.61. The summed E-state index contributed by atoms with van der Waals surface area (Å²) < 4.78 is 0. The van der Waals surface area contributed by atoms with Gasteiger partial charge in [-0.3, -0.25) is 14.6 Å². The van der Waals surface area contributed by atoms with Gasteiger partial charge in [-0.15, -0.1) is 0 Å². The molecule has 2 aromatic carbocycles. The van der Waals surface area contributed by atoms with Crippen molar-refractivity contribution in [2.24, 2.45) is 0 Å². The quantitative estimate of drug-likeness (QED) is 0.618. The second-order valence-electron chi connectivity index (χ2n) is 6.61. The average Bonchev–Trinajstić information content (AvgIpc) is 2.69. The zero-order chi connectivity index (χ0) is 20.1. The first-order chi connectivity index (χ1) is 13.5. The Morgan fingerprint density at radius 1 is 0.964 bits per heavy atom. The van der Waals surface area contributed by atoms with Gasteiger partial charge in [-0.1, -0.05) is 24.3 Å². The molecule has 1 amide bonds. The van der Waals surface area contributed by atoms with E-state index >= 15 is 0 Å². The van der Waals surface area contributed by atoms with E-state index in [1.54, 1.807) is 30.5 Å². The summed E-state index contributed by atoms with van der Waals surface area (Å²) in [5.41, 5.74) is 4.66. The molecule has 3 aromatic rings. The minimum Gasteiger partial charge on any atom is -0.340 e. The number of Topliss-reactive ketones (excluding diaryl/α,β-unsaturated/α-hetero) is 1. The van der Waals surface area contributed by atoms with Crippen molar-refractivity contribution in [1.29, 1.82) is 0 Å². The average molecular weight is 373 g/mol. The number of nitrogens with zero attached hydrogens (tertiary/aromatic N) is 2. The van der Waals surface area contributed by atoms with E-state index in [1.807, 2.05) is 18.2 Å². The molecule has 0 saturated carbocycles. The molecule has 0 aliphatic carbocycles. The molecule has 0 atom stereocenters. The summed E-state index contributed by atoms with van der Waals surface area (Å²) >= 11 is 0. The molecule has 1 heterocycles. The summed E-state index contributed by atoms with van der Waals surface area (Å²) in [6.45, 7) is 6.35. The van der Waals surface area contributed by atoms with Crippen molar-refractivity contribution in [1.82, 2.24) is 4.98 Å². The Labute approximate surface area is 165 Å². The van der Waals surface area contributed by atoms with Crippen molar-refractivity contribution in [3.05, 3.63) is 83.7 Å². The third kappa shape index (κ3) is 4.43. The van der Waals surface area contributed by atoms with Gasteiger partial charge < -0.3 is 10.2 Å². The predicted molar refractivity (Wildman–Crippen MR) is 112 cm³/mol. The number of carbonyl (C=O) groups is 2. The van der Waals surface area contributed by atoms with E-state index < -0.39 is 0 Å². The van der Waals surface area contributed by atoms with Gasteiger partial charge in [-0.2, -0.15) is 0 Å². The Balaban J connectivity index is 1.85. The van der Waals surface area contributed by atoms with E-state index in [2.05, 4.69) is 41.2 Å². The molecule has 0 saturated heterocycles. The second kappa shape index (κ2) is 8.48. The van der Waals surface area contributed by atoms with E-state index in [-0.39, 0.29) is 11.7 Å². The molecule has 0 fully saturated rings. The third-order valence-corrected chi connectivity index (χ3v) is 4.45. The van der Waals surface area contributed by atoms with E-state index in [9.17, 15) is 9.59 Å². The SMILES string of the molecule is CCN(c1cccc(C)c1)c1cncc(C(=O)Nc2cccc(C(C)=O)c2)c1. The maximum absolute atomic E-state index is 12.7. The Kier molecular flexibility index (Phi) is 5.84. The van der Waals surface area contributed by atoms with E-state index in [0.29, 0.717) is 16.8 Å². The molecule has 0 aliphatic heterocycles. The number of nitrogens with one attached hydrogen (secondary N) is 1. The zero-order valence-corrected chi connectivity index (χ0v) is 16.3. The first-order valence-corrected chi connectivity index (χ1v) is 9.19. The fraction of sp³-hybridized carbons (Fsp3) is 0.174. The highest BCUT2D eigenvalue weighted by Gasteiger charge is 2.13. The highest BCUT2D eigenvalue weighted by molar-refractivity contribution is 6.05. The van der Waals surface area contributed by atoms with Crippen molar-refractivity contribution >= 4 is 28.8 Å². The van der Waals surface area contributed by atoms with Crippen LogP contribution in [0.1, 0.15) is 40.1 Å². The van der Waals surface area contributed by atoms with Crippen LogP contribution in [0, 0.1) is 6.92 Å². The smallest absolute Gasteiger partial charge is 0.257 e. The number of pyridine rings is 1. The normalized spacial score (nSPS) is 10.4. The van der Waals surface area contributed by atoms with Crippen LogP contribution in [0.2, 0.25) is 0 Å². The number of carbonyl (C=O) groups excluding carboxylic acids is 2. The molecule has 0 radical (unpaired) electrons. The lowest BCUT2D eigenvalue weighted by Crippen LogP contribution is -2.18. The van der Waals surface area contributed by atoms with E-state index in [1.165, 1.54) is 18.7 Å². The lowest BCUT2D eigenvalue weighted by Gasteiger charge is -2.23. The topological polar surface area (TPSA) is 62.3 Å². The van der Waals surface area contributed by atoms with E-state index in [0.717, 1.165) is 17.9 Å². The molecule has 0 spiro atoms. The number of hydrogen-bond acceptors (Lipinski definition) is 4. The summed E-state index contributed by atoms with van der Waals surface area (Å²) in [6.07, 6.45) is 3.29. The highest BCUT2D eigenvalue weighted by Crippen LogP contribution is 2.26. The Hall–Kier alpha value is -3.47. The molecule has 5 heteroatoms. The fourth-order valence-electron chi connectivity index (χ4n) is 3.03. The molecule has 5 nitrogen and oxygen atoms in total. The molecular weight excluding hydrogens is 350 g/mol. The third-order valence-electron chi connectivity index (χ3n) is 4.45. The molecule has 1 N–H and O–H groups in total. The summed E-state index contributed by atoms with van der Waals surface area (Å²) in [5, 5.41) is 2.84. The van der Waals surface area contributed by atoms with Crippen LogP contribution in [0.5, 0.6) is 0 Å². The largest absolute Gasteiger partial charge is 0.340 e. The highest BCUT2D eigenvalue weighted by atomic mass is 16.1. The van der Waals surface area contributed by atoms with Gasteiger partial charge in [0, 0.05) is 29.7 Å². The number of hydrogen-bond donors (Lipinski definition) is 1. The van der Waals surface area contributed by atoms with Crippen molar-refractivity contribution in [2.75, 3.05) is 16.8 Å². The zero-order valence-electron chi connectivity index (χ0n) is 16.3. The van der Waals surface area contributed by atoms with Gasteiger partial charge in [0.2, 0.25) is 0 Å². The Morgan fingerprint density at radius 3 is 2.46 bits per heavy atom. The standard InChI is InChI=1S/C23H23N3O2/c1-4-26(21-10-5-7-16(2)11-21)22-13-19(14-24-15-22)23(28)25-20-9-6-8-18(12-20)17(3)27/h5-15H,4H2,1-3H3,(H,25,28). The first-order valence-electron chi connectivity index (χ1n) is 9.19. The number of ketones is 1. The minimum atomic E-state index is -0.268. The Bertz CT molecular complexity index is 1010. The molecule has 3 rings (SSSR count). The lowest BCUT2D eigenvalue weighted by atomic mass is 10.1. The minimum absolute atomic E-state index is 0.0449. The number of aryl methyl sites for hydroxylation is 1. The molecule has 0 bridgehead atoms. The summed E-state index contributed by atoms with van der Waals surface area (Å²) in [5.74, 6) is -0.313.